The Balaban J connectivity index is 2.55. The molecule has 1 nitrogen and oxygen atoms in total. The molecule has 21 heavy (non-hydrogen) atoms. The minimum atomic E-state index is -0.569. The fourth-order valence-electron chi connectivity index (χ4n) is 2.25. The summed E-state index contributed by atoms with van der Waals surface area (Å²) >= 11 is 9.45. The van der Waals surface area contributed by atoms with Crippen molar-refractivity contribution in [2.24, 2.45) is 0 Å². The van der Waals surface area contributed by atoms with Crippen molar-refractivity contribution in [3.05, 3.63) is 68.2 Å². The lowest BCUT2D eigenvalue weighted by atomic mass is 9.96. The van der Waals surface area contributed by atoms with Crippen LogP contribution in [-0.2, 0) is 0 Å². The van der Waals surface area contributed by atoms with Crippen LogP contribution in [-0.4, -0.2) is 6.54 Å². The van der Waals surface area contributed by atoms with Crippen molar-refractivity contribution in [2.45, 2.75) is 19.9 Å². The molecule has 0 amide bonds. The first-order valence-electron chi connectivity index (χ1n) is 6.57. The molecule has 2 aromatic carbocycles. The van der Waals surface area contributed by atoms with Crippen LogP contribution >= 0.6 is 27.5 Å². The molecule has 112 valence electrons. The Kier molecular flexibility index (Phi) is 5.36. The average Bonchev–Trinajstić information content (AvgIpc) is 2.39. The van der Waals surface area contributed by atoms with Crippen molar-refractivity contribution in [1.29, 1.82) is 0 Å². The van der Waals surface area contributed by atoms with Crippen molar-refractivity contribution in [3.8, 4) is 0 Å². The van der Waals surface area contributed by atoms with E-state index in [9.17, 15) is 8.78 Å². The lowest BCUT2D eigenvalue weighted by molar-refractivity contribution is 0.537. The molecule has 0 aliphatic carbocycles. The predicted molar refractivity (Wildman–Crippen MR) is 85.8 cm³/mol. The van der Waals surface area contributed by atoms with Crippen molar-refractivity contribution in [2.75, 3.05) is 6.54 Å². The van der Waals surface area contributed by atoms with Crippen LogP contribution in [0.2, 0.25) is 5.02 Å². The van der Waals surface area contributed by atoms with Crippen LogP contribution in [0.25, 0.3) is 0 Å². The maximum Gasteiger partial charge on any atom is 0.131 e. The highest BCUT2D eigenvalue weighted by Crippen LogP contribution is 2.30. The van der Waals surface area contributed by atoms with Gasteiger partial charge in [-0.05, 0) is 48.9 Å². The highest BCUT2D eigenvalue weighted by atomic mass is 79.9. The predicted octanol–water partition coefficient (Wildman–Crippen LogP) is 5.39. The number of nitrogens with one attached hydrogen (secondary N) is 1. The van der Waals surface area contributed by atoms with E-state index in [2.05, 4.69) is 21.2 Å². The second-order valence-electron chi connectivity index (χ2n) is 4.82. The maximum atomic E-state index is 14.2. The monoisotopic (exact) mass is 373 g/mol. The summed E-state index contributed by atoms with van der Waals surface area (Å²) in [5.74, 6) is -1.11. The molecule has 0 fully saturated rings. The number of hydrogen-bond donors (Lipinski definition) is 1. The molecule has 0 aliphatic rings. The van der Waals surface area contributed by atoms with Gasteiger partial charge >= 0.3 is 0 Å². The summed E-state index contributed by atoms with van der Waals surface area (Å²) in [5.41, 5.74) is 1.64. The first-order valence-corrected chi connectivity index (χ1v) is 7.74. The molecule has 5 heteroatoms. The third kappa shape index (κ3) is 3.82. The number of hydrogen-bond acceptors (Lipinski definition) is 1. The molecule has 0 radical (unpaired) electrons. The minimum Gasteiger partial charge on any atom is -0.306 e. The number of rotatable bonds is 4. The lowest BCUT2D eigenvalue weighted by Crippen LogP contribution is -2.23. The summed E-state index contributed by atoms with van der Waals surface area (Å²) in [6.07, 6.45) is 0. The highest BCUT2D eigenvalue weighted by Gasteiger charge is 2.19. The van der Waals surface area contributed by atoms with E-state index in [4.69, 9.17) is 11.6 Å². The Morgan fingerprint density at radius 3 is 2.48 bits per heavy atom. The summed E-state index contributed by atoms with van der Waals surface area (Å²) in [7, 11) is 0. The third-order valence-corrected chi connectivity index (χ3v) is 3.89. The molecule has 1 atom stereocenters. The van der Waals surface area contributed by atoms with E-state index in [-0.39, 0.29) is 6.04 Å². The van der Waals surface area contributed by atoms with Gasteiger partial charge in [0.1, 0.15) is 11.6 Å². The maximum absolute atomic E-state index is 14.2. The zero-order valence-corrected chi connectivity index (χ0v) is 14.0. The molecule has 0 aromatic heterocycles. The number of halogens is 4. The Morgan fingerprint density at radius 2 is 1.86 bits per heavy atom. The standard InChI is InChI=1S/C16H15BrClF2N/c1-3-21-16(10-5-11(17)7-12(18)6-10)13-4-9(2)14(19)8-15(13)20/h4-8,16,21H,3H2,1-2H3. The SMILES string of the molecule is CCNC(c1cc(Cl)cc(Br)c1)c1cc(C)c(F)cc1F. The van der Waals surface area contributed by atoms with Crippen LogP contribution < -0.4 is 5.32 Å². The molecule has 2 rings (SSSR count). The quantitative estimate of drug-likeness (QED) is 0.757. The van der Waals surface area contributed by atoms with Crippen LogP contribution in [0.4, 0.5) is 8.78 Å². The third-order valence-electron chi connectivity index (χ3n) is 3.22. The molecule has 0 spiro atoms. The Hall–Kier alpha value is -0.970. The van der Waals surface area contributed by atoms with E-state index >= 15 is 0 Å². The van der Waals surface area contributed by atoms with E-state index < -0.39 is 11.6 Å². The summed E-state index contributed by atoms with van der Waals surface area (Å²) in [5, 5.41) is 3.77. The Morgan fingerprint density at radius 1 is 1.14 bits per heavy atom. The molecule has 0 heterocycles. The summed E-state index contributed by atoms with van der Waals surface area (Å²) in [4.78, 5) is 0. The van der Waals surface area contributed by atoms with Crippen molar-refractivity contribution in [1.82, 2.24) is 5.32 Å². The van der Waals surface area contributed by atoms with Gasteiger partial charge in [-0.2, -0.15) is 0 Å². The van der Waals surface area contributed by atoms with Gasteiger partial charge in [-0.15, -0.1) is 0 Å². The molecule has 0 aliphatic heterocycles. The minimum absolute atomic E-state index is 0.385. The molecular weight excluding hydrogens is 360 g/mol. The van der Waals surface area contributed by atoms with E-state index in [1.54, 1.807) is 19.1 Å². The van der Waals surface area contributed by atoms with Gasteiger partial charge in [-0.3, -0.25) is 0 Å². The van der Waals surface area contributed by atoms with Gasteiger partial charge in [0.25, 0.3) is 0 Å². The van der Waals surface area contributed by atoms with Crippen LogP contribution in [0.5, 0.6) is 0 Å². The van der Waals surface area contributed by atoms with E-state index in [0.29, 0.717) is 22.7 Å². The van der Waals surface area contributed by atoms with Crippen molar-refractivity contribution < 1.29 is 8.78 Å². The van der Waals surface area contributed by atoms with Crippen LogP contribution in [0, 0.1) is 18.6 Å². The molecule has 0 saturated heterocycles. The first kappa shape index (κ1) is 16.4. The fourth-order valence-corrected chi connectivity index (χ4v) is 3.14. The van der Waals surface area contributed by atoms with Gasteiger partial charge in [0, 0.05) is 21.1 Å². The lowest BCUT2D eigenvalue weighted by Gasteiger charge is -2.21. The molecule has 0 bridgehead atoms. The summed E-state index contributed by atoms with van der Waals surface area (Å²) < 4.78 is 28.4. The zero-order chi connectivity index (χ0) is 15.6. The smallest absolute Gasteiger partial charge is 0.131 e. The van der Waals surface area contributed by atoms with Crippen LogP contribution in [0.15, 0.2) is 34.8 Å². The summed E-state index contributed by atoms with van der Waals surface area (Å²) in [6.45, 7) is 4.20. The largest absolute Gasteiger partial charge is 0.306 e. The Labute approximate surface area is 136 Å². The van der Waals surface area contributed by atoms with E-state index in [1.807, 2.05) is 13.0 Å². The van der Waals surface area contributed by atoms with Crippen molar-refractivity contribution >= 4 is 27.5 Å². The van der Waals surface area contributed by atoms with E-state index in [1.165, 1.54) is 6.07 Å². The molecule has 1 unspecified atom stereocenters. The molecule has 1 N–H and O–H groups in total. The topological polar surface area (TPSA) is 12.0 Å². The first-order chi connectivity index (χ1) is 9.92. The number of aryl methyl sites for hydroxylation is 1. The van der Waals surface area contributed by atoms with Gasteiger partial charge in [0.05, 0.1) is 6.04 Å². The molecule has 0 saturated carbocycles. The van der Waals surface area contributed by atoms with Crippen LogP contribution in [0.3, 0.4) is 0 Å². The fraction of sp³-hybridized carbons (Fsp3) is 0.250. The van der Waals surface area contributed by atoms with Gasteiger partial charge in [0.2, 0.25) is 0 Å². The molecule has 2 aromatic rings. The number of benzene rings is 2. The zero-order valence-electron chi connectivity index (χ0n) is 11.7. The van der Waals surface area contributed by atoms with E-state index in [0.717, 1.165) is 16.1 Å². The normalized spacial score (nSPS) is 12.5. The van der Waals surface area contributed by atoms with Gasteiger partial charge in [-0.1, -0.05) is 34.5 Å². The van der Waals surface area contributed by atoms with Gasteiger partial charge in [-0.25, -0.2) is 8.78 Å². The second kappa shape index (κ2) is 6.86. The second-order valence-corrected chi connectivity index (χ2v) is 6.17. The average molecular weight is 375 g/mol. The molecular formula is C16H15BrClF2N. The Bertz CT molecular complexity index is 641. The van der Waals surface area contributed by atoms with Gasteiger partial charge in [0.15, 0.2) is 0 Å². The van der Waals surface area contributed by atoms with Gasteiger partial charge < -0.3 is 5.32 Å². The summed E-state index contributed by atoms with van der Waals surface area (Å²) in [6, 6.07) is 7.49. The van der Waals surface area contributed by atoms with Crippen molar-refractivity contribution in [3.63, 3.8) is 0 Å². The highest BCUT2D eigenvalue weighted by molar-refractivity contribution is 9.10. The van der Waals surface area contributed by atoms with Crippen LogP contribution in [0.1, 0.15) is 29.7 Å².